The quantitative estimate of drug-likeness (QED) is 0.448. The van der Waals surface area contributed by atoms with Gasteiger partial charge in [0.1, 0.15) is 4.32 Å². The second-order valence-corrected chi connectivity index (χ2v) is 6.44. The summed E-state index contributed by atoms with van der Waals surface area (Å²) in [5.41, 5.74) is 5.61. The van der Waals surface area contributed by atoms with Gasteiger partial charge in [0.2, 0.25) is 0 Å². The maximum Gasteiger partial charge on any atom is 0.131 e. The van der Waals surface area contributed by atoms with E-state index in [1.54, 1.807) is 11.8 Å². The fraction of sp³-hybridized carbons (Fsp3) is 0.923. The monoisotopic (exact) mass is 261 g/mol. The van der Waals surface area contributed by atoms with Crippen LogP contribution in [0, 0.1) is 0 Å². The lowest BCUT2D eigenvalue weighted by Gasteiger charge is -2.14. The van der Waals surface area contributed by atoms with Crippen molar-refractivity contribution in [2.24, 2.45) is 5.73 Å². The van der Waals surface area contributed by atoms with E-state index in [-0.39, 0.29) is 0 Å². The molecular formula is C13H27NS2. The van der Waals surface area contributed by atoms with Gasteiger partial charge >= 0.3 is 0 Å². The van der Waals surface area contributed by atoms with E-state index in [2.05, 4.69) is 13.8 Å². The van der Waals surface area contributed by atoms with E-state index in [0.29, 0.717) is 9.57 Å². The molecule has 0 bridgehead atoms. The van der Waals surface area contributed by atoms with Crippen LogP contribution in [0.4, 0.5) is 0 Å². The molecule has 0 aliphatic heterocycles. The van der Waals surface area contributed by atoms with Crippen LogP contribution in [-0.2, 0) is 0 Å². The van der Waals surface area contributed by atoms with Gasteiger partial charge in [-0.3, -0.25) is 0 Å². The molecule has 0 saturated heterocycles. The zero-order valence-corrected chi connectivity index (χ0v) is 12.5. The Morgan fingerprint density at radius 1 is 1.00 bits per heavy atom. The molecule has 0 aromatic carbocycles. The lowest BCUT2D eigenvalue weighted by molar-refractivity contribution is 0.572. The van der Waals surface area contributed by atoms with Crippen molar-refractivity contribution in [2.45, 2.75) is 76.9 Å². The number of hydrogen-bond acceptors (Lipinski definition) is 2. The fourth-order valence-electron chi connectivity index (χ4n) is 1.83. The van der Waals surface area contributed by atoms with Gasteiger partial charge in [-0.05, 0) is 12.8 Å². The zero-order valence-electron chi connectivity index (χ0n) is 10.8. The number of thiocarbonyl (C=S) groups is 1. The minimum absolute atomic E-state index is 0.620. The van der Waals surface area contributed by atoms with Gasteiger partial charge in [0.05, 0.1) is 0 Å². The van der Waals surface area contributed by atoms with Crippen molar-refractivity contribution < 1.29 is 0 Å². The summed E-state index contributed by atoms with van der Waals surface area (Å²) < 4.78 is 0.620. The van der Waals surface area contributed by atoms with E-state index in [1.807, 2.05) is 0 Å². The van der Waals surface area contributed by atoms with E-state index in [4.69, 9.17) is 18.0 Å². The molecule has 2 N–H and O–H groups in total. The van der Waals surface area contributed by atoms with Crippen molar-refractivity contribution in [3.63, 3.8) is 0 Å². The van der Waals surface area contributed by atoms with Crippen molar-refractivity contribution in [2.75, 3.05) is 0 Å². The summed E-state index contributed by atoms with van der Waals surface area (Å²) in [6.07, 6.45) is 11.9. The molecular weight excluding hydrogens is 234 g/mol. The van der Waals surface area contributed by atoms with Crippen LogP contribution in [0.25, 0.3) is 0 Å². The van der Waals surface area contributed by atoms with E-state index in [1.165, 1.54) is 57.8 Å². The summed E-state index contributed by atoms with van der Waals surface area (Å²) in [6, 6.07) is 0. The first-order valence-electron chi connectivity index (χ1n) is 6.66. The molecule has 96 valence electrons. The molecule has 1 nitrogen and oxygen atoms in total. The number of nitrogens with two attached hydrogens (primary N) is 1. The third kappa shape index (κ3) is 10.7. The largest absolute Gasteiger partial charge is 0.385 e. The van der Waals surface area contributed by atoms with Crippen LogP contribution < -0.4 is 5.73 Å². The average Bonchev–Trinajstić information content (AvgIpc) is 2.24. The molecule has 0 fully saturated rings. The second kappa shape index (κ2) is 11.7. The molecule has 1 atom stereocenters. The van der Waals surface area contributed by atoms with Crippen LogP contribution in [0.2, 0.25) is 0 Å². The Kier molecular flexibility index (Phi) is 11.9. The maximum absolute atomic E-state index is 5.61. The minimum atomic E-state index is 0.620. The Labute approximate surface area is 111 Å². The summed E-state index contributed by atoms with van der Waals surface area (Å²) in [5.74, 6) is 0. The smallest absolute Gasteiger partial charge is 0.131 e. The van der Waals surface area contributed by atoms with Gasteiger partial charge in [0.15, 0.2) is 0 Å². The standard InChI is InChI=1S/C13H27NS2/c1-3-5-7-8-9-11-12(10-6-4-2)16-13(14)15/h12H,3-11H2,1-2H3,(H2,14,15). The SMILES string of the molecule is CCCCCCCC(CCCC)SC(N)=S. The second-order valence-electron chi connectivity index (χ2n) is 4.40. The highest BCUT2D eigenvalue weighted by Gasteiger charge is 2.09. The van der Waals surface area contributed by atoms with E-state index in [0.717, 1.165) is 0 Å². The van der Waals surface area contributed by atoms with Crippen LogP contribution in [0.5, 0.6) is 0 Å². The Balaban J connectivity index is 3.60. The molecule has 1 unspecified atom stereocenters. The molecule has 0 rings (SSSR count). The molecule has 0 amide bonds. The Hall–Kier alpha value is 0.240. The molecule has 0 saturated carbocycles. The summed E-state index contributed by atoms with van der Waals surface area (Å²) >= 11 is 6.70. The molecule has 0 spiro atoms. The van der Waals surface area contributed by atoms with E-state index >= 15 is 0 Å². The summed E-state index contributed by atoms with van der Waals surface area (Å²) in [4.78, 5) is 0. The van der Waals surface area contributed by atoms with Gasteiger partial charge in [0.25, 0.3) is 0 Å². The van der Waals surface area contributed by atoms with Gasteiger partial charge in [-0.15, -0.1) is 0 Å². The summed E-state index contributed by atoms with van der Waals surface area (Å²) in [5, 5.41) is 0.666. The highest BCUT2D eigenvalue weighted by molar-refractivity contribution is 8.23. The average molecular weight is 261 g/mol. The molecule has 0 aromatic rings. The fourth-order valence-corrected chi connectivity index (χ4v) is 3.14. The minimum Gasteiger partial charge on any atom is -0.385 e. The van der Waals surface area contributed by atoms with Crippen LogP contribution in [0.1, 0.15) is 71.6 Å². The zero-order chi connectivity index (χ0) is 12.2. The van der Waals surface area contributed by atoms with Crippen molar-refractivity contribution in [1.82, 2.24) is 0 Å². The Bertz CT molecular complexity index is 171. The molecule has 0 aliphatic carbocycles. The molecule has 0 radical (unpaired) electrons. The molecule has 3 heteroatoms. The molecule has 0 aromatic heterocycles. The first-order chi connectivity index (χ1) is 7.70. The highest BCUT2D eigenvalue weighted by Crippen LogP contribution is 2.23. The lowest BCUT2D eigenvalue weighted by atomic mass is 10.1. The topological polar surface area (TPSA) is 26.0 Å². The van der Waals surface area contributed by atoms with Crippen LogP contribution in [-0.4, -0.2) is 9.57 Å². The third-order valence-electron chi connectivity index (χ3n) is 2.79. The van der Waals surface area contributed by atoms with Gasteiger partial charge in [-0.2, -0.15) is 0 Å². The van der Waals surface area contributed by atoms with Crippen LogP contribution in [0.3, 0.4) is 0 Å². The van der Waals surface area contributed by atoms with Crippen LogP contribution in [0.15, 0.2) is 0 Å². The molecule has 0 heterocycles. The highest BCUT2D eigenvalue weighted by atomic mass is 32.2. The summed E-state index contributed by atoms with van der Waals surface area (Å²) in [7, 11) is 0. The predicted octanol–water partition coefficient (Wildman–Crippen LogP) is 4.88. The number of thioether (sulfide) groups is 1. The van der Waals surface area contributed by atoms with Gasteiger partial charge in [-0.1, -0.05) is 82.8 Å². The van der Waals surface area contributed by atoms with Crippen molar-refractivity contribution in [3.05, 3.63) is 0 Å². The first-order valence-corrected chi connectivity index (χ1v) is 7.95. The van der Waals surface area contributed by atoms with E-state index in [9.17, 15) is 0 Å². The van der Waals surface area contributed by atoms with Crippen molar-refractivity contribution >= 4 is 28.3 Å². The predicted molar refractivity (Wildman–Crippen MR) is 81.1 cm³/mol. The molecule has 0 aliphatic rings. The third-order valence-corrected chi connectivity index (χ3v) is 4.12. The van der Waals surface area contributed by atoms with Gasteiger partial charge in [0, 0.05) is 5.25 Å². The van der Waals surface area contributed by atoms with Gasteiger partial charge in [-0.25, -0.2) is 0 Å². The normalized spacial score (nSPS) is 12.6. The van der Waals surface area contributed by atoms with Crippen molar-refractivity contribution in [3.8, 4) is 0 Å². The lowest BCUT2D eigenvalue weighted by Crippen LogP contribution is -2.11. The van der Waals surface area contributed by atoms with E-state index < -0.39 is 0 Å². The number of hydrogen-bond donors (Lipinski definition) is 1. The van der Waals surface area contributed by atoms with Crippen LogP contribution >= 0.6 is 24.0 Å². The summed E-state index contributed by atoms with van der Waals surface area (Å²) in [6.45, 7) is 4.50. The van der Waals surface area contributed by atoms with Gasteiger partial charge < -0.3 is 5.73 Å². The Morgan fingerprint density at radius 2 is 1.56 bits per heavy atom. The first kappa shape index (κ1) is 16.2. The maximum atomic E-state index is 5.61. The number of unbranched alkanes of at least 4 members (excludes halogenated alkanes) is 5. The van der Waals surface area contributed by atoms with Crippen molar-refractivity contribution in [1.29, 1.82) is 0 Å². The number of rotatable bonds is 10. The Morgan fingerprint density at radius 3 is 2.12 bits per heavy atom. The molecule has 16 heavy (non-hydrogen) atoms.